The molecule has 6 nitrogen and oxygen atoms in total. The molecule has 8 heteroatoms. The van der Waals surface area contributed by atoms with Crippen LogP contribution in [-0.2, 0) is 16.4 Å². The summed E-state index contributed by atoms with van der Waals surface area (Å²) in [6.45, 7) is 5.04. The molecule has 0 N–H and O–H groups in total. The molecule has 1 saturated heterocycles. The molecule has 0 amide bonds. The molecular formula is C34H33N3O3S2. The van der Waals surface area contributed by atoms with Crippen molar-refractivity contribution in [3.05, 3.63) is 88.3 Å². The van der Waals surface area contributed by atoms with Gasteiger partial charge in [-0.25, -0.2) is 8.42 Å². The van der Waals surface area contributed by atoms with Crippen molar-refractivity contribution in [3.63, 3.8) is 0 Å². The van der Waals surface area contributed by atoms with E-state index >= 15 is 0 Å². The number of nitrogens with zero attached hydrogens (tertiary/aromatic N) is 3. The molecule has 1 aromatic heterocycles. The van der Waals surface area contributed by atoms with Crippen LogP contribution in [0.1, 0.15) is 60.3 Å². The summed E-state index contributed by atoms with van der Waals surface area (Å²) in [4.78, 5) is 0. The molecule has 0 spiro atoms. The van der Waals surface area contributed by atoms with Gasteiger partial charge in [-0.05, 0) is 95.3 Å². The van der Waals surface area contributed by atoms with E-state index in [0.29, 0.717) is 43.4 Å². The third-order valence-corrected chi connectivity index (χ3v) is 10.8. The van der Waals surface area contributed by atoms with Crippen molar-refractivity contribution in [2.75, 3.05) is 18.1 Å². The van der Waals surface area contributed by atoms with Gasteiger partial charge < -0.3 is 4.74 Å². The minimum absolute atomic E-state index is 0.0575. The van der Waals surface area contributed by atoms with Gasteiger partial charge in [0.05, 0.1) is 23.1 Å². The highest BCUT2D eigenvalue weighted by molar-refractivity contribution is 7.91. The molecule has 3 heterocycles. The first-order chi connectivity index (χ1) is 20.4. The largest absolute Gasteiger partial charge is 0.489 e. The first-order valence-corrected chi connectivity index (χ1v) is 17.0. The molecule has 2 aliphatic heterocycles. The van der Waals surface area contributed by atoms with Crippen molar-refractivity contribution in [2.45, 2.75) is 51.6 Å². The van der Waals surface area contributed by atoms with Gasteiger partial charge in [0, 0.05) is 22.1 Å². The molecule has 3 aromatic carbocycles. The number of hydrogen-bond acceptors (Lipinski definition) is 7. The third kappa shape index (κ3) is 6.33. The lowest BCUT2D eigenvalue weighted by Gasteiger charge is -2.23. The van der Waals surface area contributed by atoms with Crippen molar-refractivity contribution in [1.29, 1.82) is 0 Å². The topological polar surface area (TPSA) is 80.5 Å². The van der Waals surface area contributed by atoms with Crippen LogP contribution in [-0.4, -0.2) is 32.2 Å². The summed E-state index contributed by atoms with van der Waals surface area (Å²) in [6, 6.07) is 21.4. The number of rotatable bonds is 8. The second-order valence-electron chi connectivity index (χ2n) is 11.0. The fraction of sp³-hybridized carbons (Fsp3) is 0.324. The zero-order valence-corrected chi connectivity index (χ0v) is 25.5. The summed E-state index contributed by atoms with van der Waals surface area (Å²) in [5, 5.41) is 15.2. The van der Waals surface area contributed by atoms with Gasteiger partial charge in [0.15, 0.2) is 0 Å². The number of fused-ring (bicyclic) bond motifs is 1. The van der Waals surface area contributed by atoms with Crippen LogP contribution in [0, 0.1) is 18.8 Å². The highest BCUT2D eigenvalue weighted by Gasteiger charge is 2.25. The number of aryl methyl sites for hydroxylation is 1. The van der Waals surface area contributed by atoms with Crippen molar-refractivity contribution in [2.24, 2.45) is 15.4 Å². The normalized spacial score (nSPS) is 17.0. The Kier molecular flexibility index (Phi) is 8.23. The Morgan fingerprint density at radius 1 is 1.02 bits per heavy atom. The molecule has 6 rings (SSSR count). The fourth-order valence-corrected chi connectivity index (χ4v) is 8.24. The van der Waals surface area contributed by atoms with Crippen LogP contribution >= 0.6 is 11.3 Å². The third-order valence-electron chi connectivity index (χ3n) is 8.15. The Labute approximate surface area is 251 Å². The van der Waals surface area contributed by atoms with Crippen molar-refractivity contribution in [1.82, 2.24) is 0 Å². The van der Waals surface area contributed by atoms with Crippen molar-refractivity contribution in [3.8, 4) is 28.7 Å². The monoisotopic (exact) mass is 595 g/mol. The summed E-state index contributed by atoms with van der Waals surface area (Å²) >= 11 is 1.75. The Morgan fingerprint density at radius 3 is 2.55 bits per heavy atom. The van der Waals surface area contributed by atoms with Crippen LogP contribution in [0.15, 0.2) is 81.5 Å². The lowest BCUT2D eigenvalue weighted by molar-refractivity contribution is 0.306. The van der Waals surface area contributed by atoms with Gasteiger partial charge >= 0.3 is 0 Å². The fourth-order valence-electron chi connectivity index (χ4n) is 5.81. The van der Waals surface area contributed by atoms with E-state index in [1.54, 1.807) is 11.3 Å². The Balaban J connectivity index is 1.15. The number of sulfone groups is 1. The maximum absolute atomic E-state index is 11.9. The van der Waals surface area contributed by atoms with Crippen LogP contribution in [0.2, 0.25) is 0 Å². The van der Waals surface area contributed by atoms with Gasteiger partial charge in [0.25, 0.3) is 0 Å². The SMILES string of the molecule is CC#C[C@@H](CC1=NN=NC1)c1ccc(OCc2ccc3scc(-c4ccc(C5CCS(=O)(=O)CC5)cc4C)c3c2)cc1. The molecule has 0 bridgehead atoms. The average molecular weight is 596 g/mol. The quantitative estimate of drug-likeness (QED) is 0.193. The van der Waals surface area contributed by atoms with Gasteiger partial charge in [-0.2, -0.15) is 5.11 Å². The number of benzene rings is 3. The molecule has 2 aliphatic rings. The summed E-state index contributed by atoms with van der Waals surface area (Å²) < 4.78 is 31.2. The van der Waals surface area contributed by atoms with Crippen LogP contribution in [0.3, 0.4) is 0 Å². The summed E-state index contributed by atoms with van der Waals surface area (Å²) in [5.74, 6) is 8.10. The van der Waals surface area contributed by atoms with Gasteiger partial charge in [0.2, 0.25) is 0 Å². The highest BCUT2D eigenvalue weighted by Crippen LogP contribution is 2.38. The molecule has 4 aromatic rings. The zero-order valence-electron chi connectivity index (χ0n) is 23.8. The lowest BCUT2D eigenvalue weighted by Crippen LogP contribution is -2.22. The average Bonchev–Trinajstić information content (AvgIpc) is 3.66. The minimum Gasteiger partial charge on any atom is -0.489 e. The minimum atomic E-state index is -2.86. The predicted molar refractivity (Wildman–Crippen MR) is 171 cm³/mol. The van der Waals surface area contributed by atoms with Gasteiger partial charge in [-0.15, -0.1) is 22.4 Å². The van der Waals surface area contributed by atoms with Crippen LogP contribution < -0.4 is 4.74 Å². The highest BCUT2D eigenvalue weighted by atomic mass is 32.2. The Hall–Kier alpha value is -3.80. The van der Waals surface area contributed by atoms with E-state index in [9.17, 15) is 8.42 Å². The molecule has 1 atom stereocenters. The maximum Gasteiger partial charge on any atom is 0.150 e. The molecule has 0 aliphatic carbocycles. The first kappa shape index (κ1) is 28.3. The van der Waals surface area contributed by atoms with E-state index in [1.807, 2.05) is 19.1 Å². The van der Waals surface area contributed by atoms with E-state index in [2.05, 4.69) is 88.1 Å². The maximum atomic E-state index is 11.9. The number of hydrogen-bond donors (Lipinski definition) is 0. The second kappa shape index (κ2) is 12.2. The van der Waals surface area contributed by atoms with E-state index < -0.39 is 9.84 Å². The summed E-state index contributed by atoms with van der Waals surface area (Å²) in [7, 11) is -2.86. The molecule has 0 saturated carbocycles. The second-order valence-corrected chi connectivity index (χ2v) is 14.3. The molecular weight excluding hydrogens is 563 g/mol. The molecule has 42 heavy (non-hydrogen) atoms. The van der Waals surface area contributed by atoms with Crippen LogP contribution in [0.5, 0.6) is 5.75 Å². The van der Waals surface area contributed by atoms with Crippen LogP contribution in [0.25, 0.3) is 21.2 Å². The standard InChI is InChI=1S/C34H33N3O3S2/c1-3-4-27(19-29-20-35-37-36-29)25-6-9-30(10-7-25)40-21-24-5-12-34-32(18-24)33(22-41-34)31-11-8-28(17-23(31)2)26-13-15-42(38,39)16-14-26/h5-12,17-18,22,26-27H,13-16,19-21H2,1-2H3/t27-/m0/s1. The van der Waals surface area contributed by atoms with Crippen molar-refractivity contribution < 1.29 is 13.2 Å². The smallest absolute Gasteiger partial charge is 0.150 e. The molecule has 1 fully saturated rings. The lowest BCUT2D eigenvalue weighted by atomic mass is 9.89. The number of thiophene rings is 1. The zero-order chi connectivity index (χ0) is 29.1. The molecule has 0 unspecified atom stereocenters. The van der Waals surface area contributed by atoms with E-state index in [4.69, 9.17) is 4.74 Å². The van der Waals surface area contributed by atoms with E-state index in [1.165, 1.54) is 32.3 Å². The number of ether oxygens (including phenoxy) is 1. The van der Waals surface area contributed by atoms with Gasteiger partial charge in [-0.3, -0.25) is 0 Å². The van der Waals surface area contributed by atoms with Gasteiger partial charge in [0.1, 0.15) is 28.7 Å². The van der Waals surface area contributed by atoms with Crippen LogP contribution in [0.4, 0.5) is 0 Å². The summed E-state index contributed by atoms with van der Waals surface area (Å²) in [5.41, 5.74) is 8.12. The van der Waals surface area contributed by atoms with Crippen molar-refractivity contribution >= 4 is 37.0 Å². The van der Waals surface area contributed by atoms with Gasteiger partial charge in [-0.1, -0.05) is 42.3 Å². The molecule has 214 valence electrons. The van der Waals surface area contributed by atoms with E-state index in [0.717, 1.165) is 29.0 Å². The van der Waals surface area contributed by atoms with E-state index in [-0.39, 0.29) is 5.92 Å². The summed E-state index contributed by atoms with van der Waals surface area (Å²) in [6.07, 6.45) is 2.15. The Morgan fingerprint density at radius 2 is 1.83 bits per heavy atom. The Bertz CT molecular complexity index is 1830. The first-order valence-electron chi connectivity index (χ1n) is 14.3. The predicted octanol–water partition coefficient (Wildman–Crippen LogP) is 8.07. The molecule has 0 radical (unpaired) electrons.